The molecule has 2 fully saturated rings. The Balaban J connectivity index is 1.79. The average Bonchev–Trinajstić information content (AvgIpc) is 2.69. The molecule has 1 heterocycles. The summed E-state index contributed by atoms with van der Waals surface area (Å²) in [5, 5.41) is 3.89. The molecule has 2 aliphatic rings. The van der Waals surface area contributed by atoms with Crippen molar-refractivity contribution in [2.24, 2.45) is 11.8 Å². The monoisotopic (exact) mass is 238 g/mol. The van der Waals surface area contributed by atoms with Gasteiger partial charge >= 0.3 is 0 Å². The minimum absolute atomic E-state index is 0.766. The molecule has 1 saturated carbocycles. The molecule has 1 aliphatic heterocycles. The largest absolute Gasteiger partial charge is 0.310 e. The summed E-state index contributed by atoms with van der Waals surface area (Å²) in [5.41, 5.74) is 0. The lowest BCUT2D eigenvalue weighted by Gasteiger charge is -2.26. The summed E-state index contributed by atoms with van der Waals surface area (Å²) in [6.07, 6.45) is 7.25. The van der Waals surface area contributed by atoms with Crippen molar-refractivity contribution in [3.63, 3.8) is 0 Å². The zero-order valence-electron chi connectivity index (χ0n) is 11.9. The predicted octanol–water partition coefficient (Wildman–Crippen LogP) is 2.89. The van der Waals surface area contributed by atoms with E-state index in [4.69, 9.17) is 0 Å². The van der Waals surface area contributed by atoms with Gasteiger partial charge in [0.25, 0.3) is 0 Å². The van der Waals surface area contributed by atoms with Crippen LogP contribution >= 0.6 is 0 Å². The van der Waals surface area contributed by atoms with Gasteiger partial charge in [-0.3, -0.25) is 0 Å². The van der Waals surface area contributed by atoms with Crippen LogP contribution in [0.3, 0.4) is 0 Å². The number of fused-ring (bicyclic) bond motifs is 1. The molecule has 1 saturated heterocycles. The third-order valence-corrected chi connectivity index (χ3v) is 4.50. The van der Waals surface area contributed by atoms with E-state index in [1.165, 1.54) is 51.7 Å². The number of nitrogens with zero attached hydrogens (tertiary/aromatic N) is 1. The Morgan fingerprint density at radius 1 is 1.24 bits per heavy atom. The van der Waals surface area contributed by atoms with Crippen molar-refractivity contribution >= 4 is 0 Å². The summed E-state index contributed by atoms with van der Waals surface area (Å²) in [4.78, 5) is 2.62. The maximum Gasteiger partial charge on any atom is 0.0200 e. The molecule has 1 N–H and O–H groups in total. The molecule has 0 radical (unpaired) electrons. The third kappa shape index (κ3) is 3.69. The number of nitrogens with one attached hydrogen (secondary N) is 1. The average molecular weight is 238 g/mol. The van der Waals surface area contributed by atoms with Crippen molar-refractivity contribution in [1.82, 2.24) is 10.2 Å². The fraction of sp³-hybridized carbons (Fsp3) is 1.00. The number of likely N-dealkylation sites (N-methyl/N-ethyl adjacent to an activating group) is 1. The second kappa shape index (κ2) is 6.19. The van der Waals surface area contributed by atoms with Crippen LogP contribution in [0, 0.1) is 11.8 Å². The summed E-state index contributed by atoms with van der Waals surface area (Å²) in [6, 6.07) is 1.62. The maximum absolute atomic E-state index is 3.89. The molecule has 0 aromatic rings. The van der Waals surface area contributed by atoms with Crippen LogP contribution in [0.25, 0.3) is 0 Å². The van der Waals surface area contributed by atoms with E-state index in [-0.39, 0.29) is 0 Å². The van der Waals surface area contributed by atoms with Crippen molar-refractivity contribution < 1.29 is 0 Å². The number of hydrogen-bond acceptors (Lipinski definition) is 2. The quantitative estimate of drug-likeness (QED) is 0.792. The second-order valence-electron chi connectivity index (χ2n) is 6.50. The van der Waals surface area contributed by atoms with Gasteiger partial charge in [-0.1, -0.05) is 33.6 Å². The molecule has 2 heteroatoms. The highest BCUT2D eigenvalue weighted by atomic mass is 15.2. The van der Waals surface area contributed by atoms with E-state index < -0.39 is 0 Å². The summed E-state index contributed by atoms with van der Waals surface area (Å²) >= 11 is 0. The molecule has 3 atom stereocenters. The van der Waals surface area contributed by atoms with Crippen LogP contribution in [0.15, 0.2) is 0 Å². The van der Waals surface area contributed by atoms with Crippen LogP contribution in [0.5, 0.6) is 0 Å². The highest BCUT2D eigenvalue weighted by molar-refractivity contribution is 4.93. The van der Waals surface area contributed by atoms with E-state index >= 15 is 0 Å². The number of hydrogen-bond donors (Lipinski definition) is 1. The van der Waals surface area contributed by atoms with Gasteiger partial charge in [0.2, 0.25) is 0 Å². The van der Waals surface area contributed by atoms with Gasteiger partial charge in [0.05, 0.1) is 0 Å². The fourth-order valence-corrected chi connectivity index (χ4v) is 3.73. The first-order valence-corrected chi connectivity index (χ1v) is 7.67. The van der Waals surface area contributed by atoms with Crippen molar-refractivity contribution in [3.05, 3.63) is 0 Å². The second-order valence-corrected chi connectivity index (χ2v) is 6.50. The Morgan fingerprint density at radius 3 is 2.65 bits per heavy atom. The first-order valence-electron chi connectivity index (χ1n) is 7.67. The predicted molar refractivity (Wildman–Crippen MR) is 74.2 cm³/mol. The molecule has 0 aromatic heterocycles. The van der Waals surface area contributed by atoms with Crippen LogP contribution in [0.4, 0.5) is 0 Å². The SMILES string of the molecule is CCN(CC(C)C)CC1CC2CCCCC2N1. The molecule has 2 nitrogen and oxygen atoms in total. The zero-order chi connectivity index (χ0) is 12.3. The lowest BCUT2D eigenvalue weighted by molar-refractivity contribution is 0.232. The van der Waals surface area contributed by atoms with Gasteiger partial charge in [0, 0.05) is 25.2 Å². The van der Waals surface area contributed by atoms with E-state index in [1.54, 1.807) is 0 Å². The Morgan fingerprint density at radius 2 is 2.00 bits per heavy atom. The molecule has 0 spiro atoms. The first kappa shape index (κ1) is 13.4. The van der Waals surface area contributed by atoms with Crippen LogP contribution in [0.1, 0.15) is 52.9 Å². The molecule has 3 unspecified atom stereocenters. The summed E-state index contributed by atoms with van der Waals surface area (Å²) in [5.74, 6) is 1.78. The normalized spacial score (nSPS) is 33.4. The van der Waals surface area contributed by atoms with Gasteiger partial charge < -0.3 is 10.2 Å². The summed E-state index contributed by atoms with van der Waals surface area (Å²) < 4.78 is 0. The molecule has 1 aliphatic carbocycles. The smallest absolute Gasteiger partial charge is 0.0200 e. The first-order chi connectivity index (χ1) is 8.19. The van der Waals surface area contributed by atoms with Crippen LogP contribution in [-0.2, 0) is 0 Å². The van der Waals surface area contributed by atoms with E-state index in [9.17, 15) is 0 Å². The molecule has 17 heavy (non-hydrogen) atoms. The standard InChI is InChI=1S/C15H30N2/c1-4-17(10-12(2)3)11-14-9-13-7-5-6-8-15(13)16-14/h12-16H,4-11H2,1-3H3. The van der Waals surface area contributed by atoms with E-state index in [0.29, 0.717) is 0 Å². The van der Waals surface area contributed by atoms with Gasteiger partial charge in [-0.25, -0.2) is 0 Å². The van der Waals surface area contributed by atoms with Crippen LogP contribution < -0.4 is 5.32 Å². The minimum Gasteiger partial charge on any atom is -0.310 e. The van der Waals surface area contributed by atoms with E-state index in [1.807, 2.05) is 0 Å². The van der Waals surface area contributed by atoms with Crippen molar-refractivity contribution in [1.29, 1.82) is 0 Å². The summed E-state index contributed by atoms with van der Waals surface area (Å²) in [7, 11) is 0. The Labute approximate surface area is 107 Å². The summed E-state index contributed by atoms with van der Waals surface area (Å²) in [6.45, 7) is 10.7. The van der Waals surface area contributed by atoms with E-state index in [2.05, 4.69) is 31.0 Å². The zero-order valence-corrected chi connectivity index (χ0v) is 11.9. The lowest BCUT2D eigenvalue weighted by atomic mass is 9.85. The highest BCUT2D eigenvalue weighted by Gasteiger charge is 2.35. The molecule has 0 aromatic carbocycles. The minimum atomic E-state index is 0.766. The Hall–Kier alpha value is -0.0800. The molecular weight excluding hydrogens is 208 g/mol. The molecule has 0 amide bonds. The molecule has 2 rings (SSSR count). The molecule has 0 bridgehead atoms. The van der Waals surface area contributed by atoms with Crippen LogP contribution in [0.2, 0.25) is 0 Å². The highest BCUT2D eigenvalue weighted by Crippen LogP contribution is 2.33. The molecule has 100 valence electrons. The van der Waals surface area contributed by atoms with Crippen molar-refractivity contribution in [2.45, 2.75) is 65.0 Å². The van der Waals surface area contributed by atoms with Crippen molar-refractivity contribution in [3.8, 4) is 0 Å². The van der Waals surface area contributed by atoms with Gasteiger partial charge in [-0.2, -0.15) is 0 Å². The maximum atomic E-state index is 3.89. The Kier molecular flexibility index (Phi) is 4.87. The van der Waals surface area contributed by atoms with Gasteiger partial charge in [-0.15, -0.1) is 0 Å². The van der Waals surface area contributed by atoms with Crippen molar-refractivity contribution in [2.75, 3.05) is 19.6 Å². The van der Waals surface area contributed by atoms with E-state index in [0.717, 1.165) is 23.9 Å². The van der Waals surface area contributed by atoms with Gasteiger partial charge in [0.15, 0.2) is 0 Å². The van der Waals surface area contributed by atoms with Gasteiger partial charge in [-0.05, 0) is 37.6 Å². The Bertz CT molecular complexity index is 213. The van der Waals surface area contributed by atoms with Gasteiger partial charge in [0.1, 0.15) is 0 Å². The number of rotatable bonds is 5. The fourth-order valence-electron chi connectivity index (χ4n) is 3.73. The third-order valence-electron chi connectivity index (χ3n) is 4.50. The lowest BCUT2D eigenvalue weighted by Crippen LogP contribution is -2.41. The molecular formula is C15H30N2. The topological polar surface area (TPSA) is 15.3 Å². The van der Waals surface area contributed by atoms with Crippen LogP contribution in [-0.4, -0.2) is 36.6 Å².